The van der Waals surface area contributed by atoms with Crippen molar-refractivity contribution >= 4 is 29.6 Å². The lowest BCUT2D eigenvalue weighted by molar-refractivity contribution is -0.142. The number of aromatic nitrogens is 4. The van der Waals surface area contributed by atoms with Gasteiger partial charge in [-0.25, -0.2) is 14.8 Å². The van der Waals surface area contributed by atoms with Crippen LogP contribution in [0.2, 0.25) is 0 Å². The Morgan fingerprint density at radius 1 is 0.865 bits per heavy atom. The van der Waals surface area contributed by atoms with Gasteiger partial charge in [0.05, 0.1) is 25.1 Å². The van der Waals surface area contributed by atoms with Crippen LogP contribution < -0.4 is 27.4 Å². The lowest BCUT2D eigenvalue weighted by atomic mass is 10.0. The molecule has 37 heavy (non-hydrogen) atoms. The third-order valence-electron chi connectivity index (χ3n) is 5.30. The summed E-state index contributed by atoms with van der Waals surface area (Å²) in [4.78, 5) is 75.0. The largest absolute Gasteiger partial charge is 0.480 e. The zero-order valence-corrected chi connectivity index (χ0v) is 20.6. The number of hydrogen-bond donors (Lipinski definition) is 8. The second-order valence-electron chi connectivity index (χ2n) is 8.99. The number of nitrogens with two attached hydrogens (primary N) is 2. The smallest absolute Gasteiger partial charge is 0.326 e. The fourth-order valence-electron chi connectivity index (χ4n) is 3.48. The Morgan fingerprint density at radius 3 is 1.81 bits per heavy atom. The molecule has 0 saturated carbocycles. The molecule has 15 heteroatoms. The third-order valence-corrected chi connectivity index (χ3v) is 5.30. The number of nitrogens with one attached hydrogen (secondary N) is 5. The number of hydrogen-bond acceptors (Lipinski definition) is 8. The van der Waals surface area contributed by atoms with E-state index in [1.807, 2.05) is 13.8 Å². The van der Waals surface area contributed by atoms with Gasteiger partial charge >= 0.3 is 5.97 Å². The summed E-state index contributed by atoms with van der Waals surface area (Å²) in [5.41, 5.74) is 11.8. The monoisotopic (exact) mass is 519 g/mol. The molecule has 0 fully saturated rings. The van der Waals surface area contributed by atoms with Gasteiger partial charge in [-0.1, -0.05) is 13.8 Å². The van der Waals surface area contributed by atoms with Crippen molar-refractivity contribution in [3.8, 4) is 0 Å². The van der Waals surface area contributed by atoms with Gasteiger partial charge in [-0.05, 0) is 12.3 Å². The number of imidazole rings is 2. The van der Waals surface area contributed by atoms with Crippen molar-refractivity contribution < 1.29 is 29.1 Å². The Morgan fingerprint density at radius 2 is 1.35 bits per heavy atom. The van der Waals surface area contributed by atoms with Crippen molar-refractivity contribution in [2.45, 2.75) is 63.7 Å². The van der Waals surface area contributed by atoms with Gasteiger partial charge in [-0.2, -0.15) is 0 Å². The van der Waals surface area contributed by atoms with Crippen molar-refractivity contribution in [2.24, 2.45) is 17.4 Å². The van der Waals surface area contributed by atoms with Crippen LogP contribution in [0.3, 0.4) is 0 Å². The summed E-state index contributed by atoms with van der Waals surface area (Å²) in [6.07, 6.45) is 5.40. The second-order valence-corrected chi connectivity index (χ2v) is 8.99. The van der Waals surface area contributed by atoms with E-state index in [1.165, 1.54) is 25.0 Å². The molecule has 0 saturated heterocycles. The second kappa shape index (κ2) is 13.7. The number of aromatic amines is 2. The van der Waals surface area contributed by atoms with Crippen LogP contribution in [0.25, 0.3) is 0 Å². The molecule has 4 unspecified atom stereocenters. The molecule has 10 N–H and O–H groups in total. The first-order chi connectivity index (χ1) is 17.5. The molecule has 2 heterocycles. The summed E-state index contributed by atoms with van der Waals surface area (Å²) in [6.45, 7) is 3.66. The van der Waals surface area contributed by atoms with Crippen LogP contribution in [-0.4, -0.2) is 78.8 Å². The molecule has 0 bridgehead atoms. The predicted molar refractivity (Wildman–Crippen MR) is 129 cm³/mol. The molecule has 2 rings (SSSR count). The Balaban J connectivity index is 2.17. The van der Waals surface area contributed by atoms with E-state index in [4.69, 9.17) is 11.5 Å². The van der Waals surface area contributed by atoms with Gasteiger partial charge in [-0.3, -0.25) is 19.2 Å². The van der Waals surface area contributed by atoms with Gasteiger partial charge < -0.3 is 42.5 Å². The number of carboxylic acid groups (broad SMARTS) is 1. The molecule has 202 valence electrons. The lowest BCUT2D eigenvalue weighted by Gasteiger charge is -2.26. The van der Waals surface area contributed by atoms with Gasteiger partial charge in [0, 0.05) is 36.6 Å². The molecule has 0 spiro atoms. The first-order valence-corrected chi connectivity index (χ1v) is 11.6. The number of primary amides is 1. The van der Waals surface area contributed by atoms with Crippen molar-refractivity contribution in [1.29, 1.82) is 0 Å². The van der Waals surface area contributed by atoms with Gasteiger partial charge in [0.15, 0.2) is 0 Å². The summed E-state index contributed by atoms with van der Waals surface area (Å²) in [5.74, 6) is -4.29. The number of carbonyl (C=O) groups excluding carboxylic acids is 4. The van der Waals surface area contributed by atoms with Gasteiger partial charge in [0.1, 0.15) is 18.1 Å². The highest BCUT2D eigenvalue weighted by Gasteiger charge is 2.31. The Hall–Kier alpha value is -4.27. The van der Waals surface area contributed by atoms with E-state index in [1.54, 1.807) is 0 Å². The van der Waals surface area contributed by atoms with Crippen LogP contribution in [0.4, 0.5) is 0 Å². The highest BCUT2D eigenvalue weighted by atomic mass is 16.4. The maximum Gasteiger partial charge on any atom is 0.326 e. The molecular formula is C22H33N9O6. The Bertz CT molecular complexity index is 1050. The van der Waals surface area contributed by atoms with E-state index < -0.39 is 60.2 Å². The molecular weight excluding hydrogens is 486 g/mol. The molecule has 0 radical (unpaired) electrons. The van der Waals surface area contributed by atoms with Crippen LogP contribution in [0.5, 0.6) is 0 Å². The highest BCUT2D eigenvalue weighted by molar-refractivity contribution is 5.95. The van der Waals surface area contributed by atoms with Gasteiger partial charge in [-0.15, -0.1) is 0 Å². The zero-order chi connectivity index (χ0) is 27.5. The van der Waals surface area contributed by atoms with Crippen LogP contribution in [-0.2, 0) is 36.8 Å². The predicted octanol–water partition coefficient (Wildman–Crippen LogP) is -2.29. The van der Waals surface area contributed by atoms with Crippen molar-refractivity contribution in [1.82, 2.24) is 35.9 Å². The summed E-state index contributed by atoms with van der Waals surface area (Å²) >= 11 is 0. The average molecular weight is 520 g/mol. The summed E-state index contributed by atoms with van der Waals surface area (Å²) < 4.78 is 0. The summed E-state index contributed by atoms with van der Waals surface area (Å²) in [7, 11) is 0. The van der Waals surface area contributed by atoms with Crippen molar-refractivity contribution in [3.63, 3.8) is 0 Å². The molecule has 0 aromatic carbocycles. The first kappa shape index (κ1) is 29.0. The van der Waals surface area contributed by atoms with Crippen LogP contribution in [0.1, 0.15) is 38.1 Å². The topological polar surface area (TPSA) is 251 Å². The number of carboxylic acids is 1. The van der Waals surface area contributed by atoms with Gasteiger partial charge in [0.25, 0.3) is 0 Å². The minimum atomic E-state index is -1.27. The first-order valence-electron chi connectivity index (χ1n) is 11.6. The van der Waals surface area contributed by atoms with Crippen molar-refractivity contribution in [2.75, 3.05) is 0 Å². The summed E-state index contributed by atoms with van der Waals surface area (Å²) in [6, 6.07) is -4.83. The fourth-order valence-corrected chi connectivity index (χ4v) is 3.48. The number of H-pyrrole nitrogens is 2. The van der Waals surface area contributed by atoms with E-state index in [0.717, 1.165) is 0 Å². The van der Waals surface area contributed by atoms with E-state index in [9.17, 15) is 29.1 Å². The fraction of sp³-hybridized carbons (Fsp3) is 0.500. The maximum absolute atomic E-state index is 13.2. The standard InChI is InChI=1S/C22H33N9O6/c1-11(2)3-15(20(34)31-17(22(36)37)5-13-8-26-10-28-13)30-21(35)16(4-12-7-25-9-27-12)29-19(33)14(23)6-18(24)32/h7-11,14-17H,3-6,23H2,1-2H3,(H2,24,32)(H,25,27)(H,26,28)(H,29,33)(H,30,35)(H,31,34)(H,36,37). The Kier molecular flexibility index (Phi) is 10.7. The molecule has 4 atom stereocenters. The van der Waals surface area contributed by atoms with Crippen LogP contribution >= 0.6 is 0 Å². The molecule has 15 nitrogen and oxygen atoms in total. The number of rotatable bonds is 15. The minimum absolute atomic E-state index is 0.0194. The van der Waals surface area contributed by atoms with E-state index >= 15 is 0 Å². The zero-order valence-electron chi connectivity index (χ0n) is 20.6. The molecule has 2 aromatic heterocycles. The highest BCUT2D eigenvalue weighted by Crippen LogP contribution is 2.09. The molecule has 4 amide bonds. The van der Waals surface area contributed by atoms with E-state index in [2.05, 4.69) is 35.9 Å². The molecule has 0 aliphatic heterocycles. The quantitative estimate of drug-likeness (QED) is 0.126. The Labute approximate surface area is 212 Å². The lowest BCUT2D eigenvalue weighted by Crippen LogP contribution is -2.58. The molecule has 2 aromatic rings. The maximum atomic E-state index is 13.2. The average Bonchev–Trinajstić information content (AvgIpc) is 3.51. The minimum Gasteiger partial charge on any atom is -0.480 e. The number of carbonyl (C=O) groups is 5. The number of amides is 4. The number of nitrogens with zero attached hydrogens (tertiary/aromatic N) is 2. The SMILES string of the molecule is CC(C)CC(NC(=O)C(Cc1cnc[nH]1)NC(=O)C(N)CC(N)=O)C(=O)NC(Cc1cnc[nH]1)C(=O)O. The summed E-state index contributed by atoms with van der Waals surface area (Å²) in [5, 5.41) is 17.1. The van der Waals surface area contributed by atoms with E-state index in [0.29, 0.717) is 11.4 Å². The molecule has 0 aliphatic carbocycles. The van der Waals surface area contributed by atoms with Crippen molar-refractivity contribution in [3.05, 3.63) is 36.4 Å². The third kappa shape index (κ3) is 9.71. The van der Waals surface area contributed by atoms with Crippen LogP contribution in [0, 0.1) is 5.92 Å². The van der Waals surface area contributed by atoms with E-state index in [-0.39, 0.29) is 25.2 Å². The van der Waals surface area contributed by atoms with Crippen LogP contribution in [0.15, 0.2) is 25.0 Å². The number of aliphatic carboxylic acids is 1. The normalized spacial score (nSPS) is 14.3. The van der Waals surface area contributed by atoms with Gasteiger partial charge in [0.2, 0.25) is 23.6 Å². The molecule has 0 aliphatic rings.